The number of rotatable bonds is 6. The first-order chi connectivity index (χ1) is 9.20. The molecular formula is C16H33N3O. The Kier molecular flexibility index (Phi) is 6.46. The van der Waals surface area contributed by atoms with Crippen molar-refractivity contribution >= 4 is 5.91 Å². The molecule has 118 valence electrons. The van der Waals surface area contributed by atoms with E-state index in [1.165, 1.54) is 6.42 Å². The molecule has 4 nitrogen and oxygen atoms in total. The molecule has 20 heavy (non-hydrogen) atoms. The maximum Gasteiger partial charge on any atom is 0.220 e. The highest BCUT2D eigenvalue weighted by molar-refractivity contribution is 5.75. The summed E-state index contributed by atoms with van der Waals surface area (Å²) in [6.07, 6.45) is 2.60. The molecule has 1 saturated heterocycles. The standard InChI is InChI=1S/C16H33N3O/c1-12-8-13(2)10-19(9-12)16(4,5)11-18-15(20)7-6-14(3)17/h12-14H,6-11,17H2,1-5H3,(H,18,20). The van der Waals surface area contributed by atoms with Gasteiger partial charge in [-0.05, 0) is 45.4 Å². The predicted octanol–water partition coefficient (Wildman–Crippen LogP) is 1.99. The van der Waals surface area contributed by atoms with Gasteiger partial charge < -0.3 is 11.1 Å². The van der Waals surface area contributed by atoms with Crippen molar-refractivity contribution in [2.45, 2.75) is 65.5 Å². The molecule has 0 aliphatic carbocycles. The van der Waals surface area contributed by atoms with Crippen molar-refractivity contribution < 1.29 is 4.79 Å². The lowest BCUT2D eigenvalue weighted by Crippen LogP contribution is -2.56. The summed E-state index contributed by atoms with van der Waals surface area (Å²) in [6, 6.07) is 0.0950. The van der Waals surface area contributed by atoms with Crippen molar-refractivity contribution in [2.75, 3.05) is 19.6 Å². The van der Waals surface area contributed by atoms with Crippen LogP contribution in [0.15, 0.2) is 0 Å². The first-order valence-corrected chi connectivity index (χ1v) is 7.98. The van der Waals surface area contributed by atoms with Gasteiger partial charge in [-0.3, -0.25) is 9.69 Å². The van der Waals surface area contributed by atoms with Crippen molar-refractivity contribution in [2.24, 2.45) is 17.6 Å². The zero-order valence-electron chi connectivity index (χ0n) is 13.9. The van der Waals surface area contributed by atoms with Gasteiger partial charge in [0.1, 0.15) is 0 Å². The zero-order valence-corrected chi connectivity index (χ0v) is 13.9. The Hall–Kier alpha value is -0.610. The minimum absolute atomic E-state index is 0.0208. The summed E-state index contributed by atoms with van der Waals surface area (Å²) in [5.41, 5.74) is 5.70. The van der Waals surface area contributed by atoms with Crippen LogP contribution in [0, 0.1) is 11.8 Å². The molecule has 0 spiro atoms. The first kappa shape index (κ1) is 17.4. The Morgan fingerprint density at radius 3 is 2.40 bits per heavy atom. The van der Waals surface area contributed by atoms with Crippen LogP contribution in [0.2, 0.25) is 0 Å². The van der Waals surface area contributed by atoms with E-state index in [0.29, 0.717) is 13.0 Å². The quantitative estimate of drug-likeness (QED) is 0.784. The monoisotopic (exact) mass is 283 g/mol. The highest BCUT2D eigenvalue weighted by Gasteiger charge is 2.32. The number of hydrogen-bond donors (Lipinski definition) is 2. The number of nitrogens with two attached hydrogens (primary N) is 1. The molecule has 1 aliphatic rings. The average molecular weight is 283 g/mol. The second kappa shape index (κ2) is 7.41. The molecule has 0 aromatic heterocycles. The van der Waals surface area contributed by atoms with E-state index >= 15 is 0 Å². The minimum Gasteiger partial charge on any atom is -0.354 e. The molecular weight excluding hydrogens is 250 g/mol. The van der Waals surface area contributed by atoms with Gasteiger partial charge in [0.25, 0.3) is 0 Å². The molecule has 0 aromatic rings. The molecule has 1 amide bonds. The summed E-state index contributed by atoms with van der Waals surface area (Å²) >= 11 is 0. The van der Waals surface area contributed by atoms with E-state index in [0.717, 1.165) is 31.3 Å². The fraction of sp³-hybridized carbons (Fsp3) is 0.938. The smallest absolute Gasteiger partial charge is 0.220 e. The number of nitrogens with zero attached hydrogens (tertiary/aromatic N) is 1. The fourth-order valence-electron chi connectivity index (χ4n) is 3.03. The van der Waals surface area contributed by atoms with Gasteiger partial charge in [0.2, 0.25) is 5.91 Å². The Labute approximate surface area is 124 Å². The molecule has 1 aliphatic heterocycles. The third-order valence-electron chi connectivity index (χ3n) is 4.27. The molecule has 0 radical (unpaired) electrons. The Bertz CT molecular complexity index is 305. The van der Waals surface area contributed by atoms with Gasteiger partial charge in [-0.15, -0.1) is 0 Å². The van der Waals surface area contributed by atoms with Crippen molar-refractivity contribution in [3.05, 3.63) is 0 Å². The molecule has 0 saturated carbocycles. The molecule has 3 N–H and O–H groups in total. The average Bonchev–Trinajstić information content (AvgIpc) is 2.32. The summed E-state index contributed by atoms with van der Waals surface area (Å²) in [6.45, 7) is 14.0. The third kappa shape index (κ3) is 5.80. The highest BCUT2D eigenvalue weighted by atomic mass is 16.1. The summed E-state index contributed by atoms with van der Waals surface area (Å²) in [5, 5.41) is 3.07. The first-order valence-electron chi connectivity index (χ1n) is 7.98. The van der Waals surface area contributed by atoms with Crippen LogP contribution in [0.4, 0.5) is 0 Å². The fourth-order valence-corrected chi connectivity index (χ4v) is 3.03. The van der Waals surface area contributed by atoms with E-state index in [9.17, 15) is 4.79 Å². The zero-order chi connectivity index (χ0) is 15.3. The predicted molar refractivity (Wildman–Crippen MR) is 84.5 cm³/mol. The molecule has 3 unspecified atom stereocenters. The summed E-state index contributed by atoms with van der Waals surface area (Å²) < 4.78 is 0. The van der Waals surface area contributed by atoms with E-state index < -0.39 is 0 Å². The van der Waals surface area contributed by atoms with E-state index in [2.05, 4.69) is 37.9 Å². The van der Waals surface area contributed by atoms with E-state index in [4.69, 9.17) is 5.73 Å². The number of amides is 1. The third-order valence-corrected chi connectivity index (χ3v) is 4.27. The molecule has 0 bridgehead atoms. The Morgan fingerprint density at radius 1 is 1.35 bits per heavy atom. The van der Waals surface area contributed by atoms with Crippen molar-refractivity contribution in [1.82, 2.24) is 10.2 Å². The van der Waals surface area contributed by atoms with Crippen LogP contribution in [0.1, 0.15) is 53.9 Å². The van der Waals surface area contributed by atoms with Crippen molar-refractivity contribution in [3.63, 3.8) is 0 Å². The second-order valence-corrected chi connectivity index (χ2v) is 7.46. The molecule has 1 fully saturated rings. The largest absolute Gasteiger partial charge is 0.354 e. The molecule has 3 atom stereocenters. The van der Waals surface area contributed by atoms with Crippen LogP contribution in [0.3, 0.4) is 0 Å². The van der Waals surface area contributed by atoms with Crippen LogP contribution in [0.25, 0.3) is 0 Å². The van der Waals surface area contributed by atoms with Gasteiger partial charge in [0.05, 0.1) is 0 Å². The van der Waals surface area contributed by atoms with Gasteiger partial charge in [-0.1, -0.05) is 13.8 Å². The van der Waals surface area contributed by atoms with Gasteiger partial charge in [0, 0.05) is 37.6 Å². The topological polar surface area (TPSA) is 58.4 Å². The lowest BCUT2D eigenvalue weighted by molar-refractivity contribution is -0.122. The van der Waals surface area contributed by atoms with Crippen molar-refractivity contribution in [1.29, 1.82) is 0 Å². The summed E-state index contributed by atoms with van der Waals surface area (Å²) in [4.78, 5) is 14.3. The molecule has 0 aromatic carbocycles. The Balaban J connectivity index is 2.42. The van der Waals surface area contributed by atoms with Gasteiger partial charge in [-0.25, -0.2) is 0 Å². The number of nitrogens with one attached hydrogen (secondary N) is 1. The number of piperidine rings is 1. The van der Waals surface area contributed by atoms with Gasteiger partial charge in [-0.2, -0.15) is 0 Å². The lowest BCUT2D eigenvalue weighted by atomic mass is 9.88. The number of carbonyl (C=O) groups excluding carboxylic acids is 1. The van der Waals surface area contributed by atoms with E-state index in [-0.39, 0.29) is 17.5 Å². The van der Waals surface area contributed by atoms with Crippen LogP contribution < -0.4 is 11.1 Å². The minimum atomic E-state index is 0.0208. The Morgan fingerprint density at radius 2 is 1.90 bits per heavy atom. The number of hydrogen-bond acceptors (Lipinski definition) is 3. The molecule has 1 rings (SSSR count). The lowest BCUT2D eigenvalue weighted by Gasteiger charge is -2.45. The van der Waals surface area contributed by atoms with Gasteiger partial charge in [0.15, 0.2) is 0 Å². The SMILES string of the molecule is CC(N)CCC(=O)NCC(C)(C)N1CC(C)CC(C)C1. The van der Waals surface area contributed by atoms with Crippen LogP contribution >= 0.6 is 0 Å². The maximum atomic E-state index is 11.8. The number of likely N-dealkylation sites (tertiary alicyclic amines) is 1. The summed E-state index contributed by atoms with van der Waals surface area (Å²) in [7, 11) is 0. The number of carbonyl (C=O) groups is 1. The molecule has 1 heterocycles. The van der Waals surface area contributed by atoms with Gasteiger partial charge >= 0.3 is 0 Å². The van der Waals surface area contributed by atoms with Crippen LogP contribution in [0.5, 0.6) is 0 Å². The van der Waals surface area contributed by atoms with Crippen molar-refractivity contribution in [3.8, 4) is 0 Å². The van der Waals surface area contributed by atoms with Crippen LogP contribution in [-0.2, 0) is 4.79 Å². The van der Waals surface area contributed by atoms with E-state index in [1.807, 2.05) is 6.92 Å². The summed E-state index contributed by atoms with van der Waals surface area (Å²) in [5.74, 6) is 1.60. The highest BCUT2D eigenvalue weighted by Crippen LogP contribution is 2.26. The molecule has 4 heteroatoms. The second-order valence-electron chi connectivity index (χ2n) is 7.46. The van der Waals surface area contributed by atoms with E-state index in [1.54, 1.807) is 0 Å². The maximum absolute atomic E-state index is 11.8. The van der Waals surface area contributed by atoms with Crippen LogP contribution in [-0.4, -0.2) is 42.0 Å². The normalized spacial score (nSPS) is 26.3.